The summed E-state index contributed by atoms with van der Waals surface area (Å²) in [7, 11) is 0. The third-order valence-corrected chi connectivity index (χ3v) is 3.68. The van der Waals surface area contributed by atoms with Crippen LogP contribution in [0.25, 0.3) is 0 Å². The fourth-order valence-electron chi connectivity index (χ4n) is 2.17. The van der Waals surface area contributed by atoms with E-state index in [4.69, 9.17) is 28.3 Å². The summed E-state index contributed by atoms with van der Waals surface area (Å²) in [5.41, 5.74) is 0.432. The normalized spacial score (nSPS) is 16.3. The standard InChI is InChI=1S/C13H13Cl2NO3/c14-9-6-8(13(18)19)7-10(15)12(9)16-5-3-1-2-4-11(16)17/h6-7H,1-5H2,(H,18,19). The van der Waals surface area contributed by atoms with Crippen molar-refractivity contribution >= 4 is 40.8 Å². The van der Waals surface area contributed by atoms with Crippen molar-refractivity contribution in [2.75, 3.05) is 11.4 Å². The summed E-state index contributed by atoms with van der Waals surface area (Å²) in [6.45, 7) is 0.560. The predicted octanol–water partition coefficient (Wildman–Crippen LogP) is 3.60. The minimum atomic E-state index is -1.10. The number of rotatable bonds is 2. The summed E-state index contributed by atoms with van der Waals surface area (Å²) >= 11 is 12.2. The SMILES string of the molecule is O=C(O)c1cc(Cl)c(N2CCCCCC2=O)c(Cl)c1. The second kappa shape index (κ2) is 5.80. The summed E-state index contributed by atoms with van der Waals surface area (Å²) in [6, 6.07) is 2.65. The Labute approximate surface area is 120 Å². The van der Waals surface area contributed by atoms with E-state index in [2.05, 4.69) is 0 Å². The molecule has 0 bridgehead atoms. The summed E-state index contributed by atoms with van der Waals surface area (Å²) < 4.78 is 0. The van der Waals surface area contributed by atoms with Gasteiger partial charge in [-0.25, -0.2) is 4.79 Å². The molecule has 6 heteroatoms. The first-order chi connectivity index (χ1) is 9.00. The molecule has 4 nitrogen and oxygen atoms in total. The highest BCUT2D eigenvalue weighted by Crippen LogP contribution is 2.36. The molecule has 0 unspecified atom stereocenters. The Balaban J connectivity index is 2.43. The lowest BCUT2D eigenvalue weighted by Crippen LogP contribution is -2.30. The van der Waals surface area contributed by atoms with Gasteiger partial charge in [-0.1, -0.05) is 29.6 Å². The second-order valence-corrected chi connectivity index (χ2v) is 5.26. The van der Waals surface area contributed by atoms with Gasteiger partial charge < -0.3 is 10.0 Å². The molecular weight excluding hydrogens is 289 g/mol. The first kappa shape index (κ1) is 14.2. The number of carbonyl (C=O) groups is 2. The number of carboxylic acid groups (broad SMARTS) is 1. The lowest BCUT2D eigenvalue weighted by atomic mass is 10.2. The molecule has 1 aromatic carbocycles. The van der Waals surface area contributed by atoms with Crippen LogP contribution in [0.5, 0.6) is 0 Å². The van der Waals surface area contributed by atoms with Gasteiger partial charge in [-0.05, 0) is 25.0 Å². The molecular formula is C13H13Cl2NO3. The van der Waals surface area contributed by atoms with Crippen LogP contribution in [0.2, 0.25) is 10.0 Å². The number of benzene rings is 1. The summed E-state index contributed by atoms with van der Waals surface area (Å²) in [5.74, 6) is -1.12. The van der Waals surface area contributed by atoms with Crippen molar-refractivity contribution in [3.8, 4) is 0 Å². The molecule has 0 spiro atoms. The fourth-order valence-corrected chi connectivity index (χ4v) is 2.86. The third-order valence-electron chi connectivity index (χ3n) is 3.11. The molecule has 102 valence electrons. The topological polar surface area (TPSA) is 57.6 Å². The number of nitrogens with zero attached hydrogens (tertiary/aromatic N) is 1. The van der Waals surface area contributed by atoms with Crippen LogP contribution < -0.4 is 4.90 Å². The zero-order chi connectivity index (χ0) is 14.0. The van der Waals surface area contributed by atoms with Crippen molar-refractivity contribution in [3.05, 3.63) is 27.7 Å². The number of carbonyl (C=O) groups excluding carboxylic acids is 1. The lowest BCUT2D eigenvalue weighted by molar-refractivity contribution is -0.118. The third kappa shape index (κ3) is 3.01. The van der Waals surface area contributed by atoms with E-state index in [-0.39, 0.29) is 21.5 Å². The number of amides is 1. The van der Waals surface area contributed by atoms with Gasteiger partial charge in [-0.2, -0.15) is 0 Å². The van der Waals surface area contributed by atoms with E-state index in [0.29, 0.717) is 18.7 Å². The highest BCUT2D eigenvalue weighted by atomic mass is 35.5. The highest BCUT2D eigenvalue weighted by molar-refractivity contribution is 6.40. The van der Waals surface area contributed by atoms with Crippen LogP contribution in [0.3, 0.4) is 0 Å². The average molecular weight is 302 g/mol. The van der Waals surface area contributed by atoms with Crippen molar-refractivity contribution in [2.45, 2.75) is 25.7 Å². The molecule has 0 aliphatic carbocycles. The molecule has 1 N–H and O–H groups in total. The molecule has 0 aromatic heterocycles. The number of carboxylic acids is 1. The van der Waals surface area contributed by atoms with Crippen molar-refractivity contribution in [2.24, 2.45) is 0 Å². The van der Waals surface area contributed by atoms with E-state index in [1.54, 1.807) is 4.90 Å². The molecule has 19 heavy (non-hydrogen) atoms. The Kier molecular flexibility index (Phi) is 4.32. The number of hydrogen-bond acceptors (Lipinski definition) is 2. The number of halogens is 2. The maximum Gasteiger partial charge on any atom is 0.335 e. The van der Waals surface area contributed by atoms with Gasteiger partial charge in [0.05, 0.1) is 21.3 Å². The van der Waals surface area contributed by atoms with Gasteiger partial charge in [-0.3, -0.25) is 4.79 Å². The summed E-state index contributed by atoms with van der Waals surface area (Å²) in [5, 5.41) is 9.32. The maximum absolute atomic E-state index is 12.0. The maximum atomic E-state index is 12.0. The van der Waals surface area contributed by atoms with Crippen molar-refractivity contribution in [1.82, 2.24) is 0 Å². The summed E-state index contributed by atoms with van der Waals surface area (Å²) in [6.07, 6.45) is 3.20. The van der Waals surface area contributed by atoms with Crippen LogP contribution in [-0.4, -0.2) is 23.5 Å². The predicted molar refractivity (Wildman–Crippen MR) is 74.2 cm³/mol. The zero-order valence-electron chi connectivity index (χ0n) is 10.2. The van der Waals surface area contributed by atoms with E-state index in [1.807, 2.05) is 0 Å². The Morgan fingerprint density at radius 2 is 1.79 bits per heavy atom. The quantitative estimate of drug-likeness (QED) is 0.908. The van der Waals surface area contributed by atoms with Crippen molar-refractivity contribution in [1.29, 1.82) is 0 Å². The van der Waals surface area contributed by atoms with E-state index in [9.17, 15) is 9.59 Å². The molecule has 1 fully saturated rings. The van der Waals surface area contributed by atoms with Gasteiger partial charge in [0.2, 0.25) is 5.91 Å². The monoisotopic (exact) mass is 301 g/mol. The van der Waals surface area contributed by atoms with Gasteiger partial charge in [0.15, 0.2) is 0 Å². The van der Waals surface area contributed by atoms with E-state index >= 15 is 0 Å². The Morgan fingerprint density at radius 3 is 2.37 bits per heavy atom. The van der Waals surface area contributed by atoms with Gasteiger partial charge in [0.25, 0.3) is 0 Å². The largest absolute Gasteiger partial charge is 0.478 e. The number of hydrogen-bond donors (Lipinski definition) is 1. The first-order valence-electron chi connectivity index (χ1n) is 6.03. The van der Waals surface area contributed by atoms with Crippen LogP contribution in [0.1, 0.15) is 36.0 Å². The van der Waals surface area contributed by atoms with E-state index in [0.717, 1.165) is 19.3 Å². The molecule has 2 rings (SSSR count). The minimum absolute atomic E-state index is 0.0148. The average Bonchev–Trinajstić information content (AvgIpc) is 2.54. The molecule has 1 aliphatic heterocycles. The number of aromatic carboxylic acids is 1. The Bertz CT molecular complexity index is 508. The fraction of sp³-hybridized carbons (Fsp3) is 0.385. The van der Waals surface area contributed by atoms with Crippen molar-refractivity contribution < 1.29 is 14.7 Å². The molecule has 1 saturated heterocycles. The molecule has 0 atom stereocenters. The van der Waals surface area contributed by atoms with Crippen LogP contribution in [0.15, 0.2) is 12.1 Å². The second-order valence-electron chi connectivity index (χ2n) is 4.45. The zero-order valence-corrected chi connectivity index (χ0v) is 11.7. The van der Waals surface area contributed by atoms with Crippen LogP contribution in [-0.2, 0) is 4.79 Å². The van der Waals surface area contributed by atoms with Gasteiger partial charge in [0.1, 0.15) is 0 Å². The van der Waals surface area contributed by atoms with Crippen LogP contribution in [0.4, 0.5) is 5.69 Å². The van der Waals surface area contributed by atoms with Crippen LogP contribution in [0, 0.1) is 0 Å². The molecule has 1 amide bonds. The lowest BCUT2D eigenvalue weighted by Gasteiger charge is -2.23. The smallest absolute Gasteiger partial charge is 0.335 e. The van der Waals surface area contributed by atoms with Gasteiger partial charge >= 0.3 is 5.97 Å². The summed E-state index contributed by atoms with van der Waals surface area (Å²) in [4.78, 5) is 24.5. The molecule has 1 heterocycles. The Hall–Kier alpha value is -1.26. The molecule has 0 saturated carbocycles. The number of anilines is 1. The first-order valence-corrected chi connectivity index (χ1v) is 6.79. The minimum Gasteiger partial charge on any atom is -0.478 e. The van der Waals surface area contributed by atoms with Crippen LogP contribution >= 0.6 is 23.2 Å². The van der Waals surface area contributed by atoms with Gasteiger partial charge in [0, 0.05) is 13.0 Å². The molecule has 1 aromatic rings. The Morgan fingerprint density at radius 1 is 1.16 bits per heavy atom. The van der Waals surface area contributed by atoms with Gasteiger partial charge in [-0.15, -0.1) is 0 Å². The highest BCUT2D eigenvalue weighted by Gasteiger charge is 2.24. The molecule has 1 aliphatic rings. The van der Waals surface area contributed by atoms with E-state index in [1.165, 1.54) is 12.1 Å². The van der Waals surface area contributed by atoms with E-state index < -0.39 is 5.97 Å². The van der Waals surface area contributed by atoms with Crippen molar-refractivity contribution in [3.63, 3.8) is 0 Å². The molecule has 0 radical (unpaired) electrons.